The minimum Gasteiger partial charge on any atom is -0.507 e. The Balaban J connectivity index is 1.83. The summed E-state index contributed by atoms with van der Waals surface area (Å²) in [5.74, 6) is 0.331. The van der Waals surface area contributed by atoms with E-state index >= 15 is 0 Å². The van der Waals surface area contributed by atoms with E-state index in [1.165, 1.54) is 43.4 Å². The molecule has 0 aliphatic heterocycles. The van der Waals surface area contributed by atoms with Crippen LogP contribution < -0.4 is 10.6 Å². The molecule has 0 bridgehead atoms. The van der Waals surface area contributed by atoms with Crippen molar-refractivity contribution >= 4 is 17.5 Å². The van der Waals surface area contributed by atoms with E-state index in [4.69, 9.17) is 0 Å². The molecule has 0 saturated heterocycles. The van der Waals surface area contributed by atoms with Gasteiger partial charge in [-0.15, -0.1) is 0 Å². The number of aromatic hydroxyl groups is 1. The first-order chi connectivity index (χ1) is 13.2. The second-order valence-corrected chi connectivity index (χ2v) is 7.55. The van der Waals surface area contributed by atoms with Crippen molar-refractivity contribution in [3.05, 3.63) is 59.7 Å². The highest BCUT2D eigenvalue weighted by atomic mass is 16.3. The van der Waals surface area contributed by atoms with Crippen molar-refractivity contribution in [1.29, 1.82) is 0 Å². The molecule has 0 atom stereocenters. The fourth-order valence-electron chi connectivity index (χ4n) is 4.39. The second kappa shape index (κ2) is 8.98. The molecular formula is C24H32N2O. The summed E-state index contributed by atoms with van der Waals surface area (Å²) >= 11 is 0. The Morgan fingerprint density at radius 3 is 2.56 bits per heavy atom. The van der Waals surface area contributed by atoms with E-state index in [9.17, 15) is 5.11 Å². The molecule has 144 valence electrons. The van der Waals surface area contributed by atoms with Gasteiger partial charge in [0.2, 0.25) is 0 Å². The predicted molar refractivity (Wildman–Crippen MR) is 117 cm³/mol. The smallest absolute Gasteiger partial charge is 0.124 e. The fraction of sp³-hybridized carbons (Fsp3) is 0.417. The van der Waals surface area contributed by atoms with Gasteiger partial charge in [0.25, 0.3) is 0 Å². The summed E-state index contributed by atoms with van der Waals surface area (Å²) in [6.07, 6.45) is 11.7. The van der Waals surface area contributed by atoms with Gasteiger partial charge in [-0.1, -0.05) is 49.6 Å². The molecule has 0 radical (unpaired) electrons. The lowest BCUT2D eigenvalue weighted by molar-refractivity contribution is 0.296. The van der Waals surface area contributed by atoms with Gasteiger partial charge < -0.3 is 15.7 Å². The molecule has 0 spiro atoms. The van der Waals surface area contributed by atoms with E-state index in [0.717, 1.165) is 24.2 Å². The van der Waals surface area contributed by atoms with Gasteiger partial charge in [0, 0.05) is 42.0 Å². The molecule has 3 heteroatoms. The number of benzene rings is 2. The van der Waals surface area contributed by atoms with Crippen LogP contribution >= 0.6 is 0 Å². The number of allylic oxidation sites excluding steroid dienone is 1. The van der Waals surface area contributed by atoms with Crippen LogP contribution in [0.5, 0.6) is 5.75 Å². The highest BCUT2D eigenvalue weighted by Gasteiger charge is 2.34. The second-order valence-electron chi connectivity index (χ2n) is 7.55. The Labute approximate surface area is 163 Å². The first-order valence-corrected chi connectivity index (χ1v) is 10.2. The third-order valence-corrected chi connectivity index (χ3v) is 5.80. The van der Waals surface area contributed by atoms with E-state index in [1.807, 2.05) is 19.2 Å². The molecule has 0 aromatic heterocycles. The first kappa shape index (κ1) is 19.3. The molecule has 3 nitrogen and oxygen atoms in total. The summed E-state index contributed by atoms with van der Waals surface area (Å²) < 4.78 is 0. The van der Waals surface area contributed by atoms with Crippen molar-refractivity contribution < 1.29 is 5.11 Å². The van der Waals surface area contributed by atoms with Gasteiger partial charge in [0.05, 0.1) is 0 Å². The number of para-hydroxylation sites is 1. The van der Waals surface area contributed by atoms with Crippen LogP contribution in [0.15, 0.2) is 48.5 Å². The monoisotopic (exact) mass is 364 g/mol. The van der Waals surface area contributed by atoms with Crippen LogP contribution in [-0.2, 0) is 5.41 Å². The number of hydrogen-bond donors (Lipinski definition) is 3. The Morgan fingerprint density at radius 1 is 1.07 bits per heavy atom. The minimum absolute atomic E-state index is 0.188. The standard InChI is InChI=1S/C24H32N2O/c1-3-26-20-14-13-19(23(27)18-20)10-9-17-24(15-7-4-8-16-24)21-11-5-6-12-22(21)25-2/h5-6,9-14,18,25-27H,3-4,7-8,15-17H2,1-2H3/b10-9+. The van der Waals surface area contributed by atoms with Crippen LogP contribution in [0.3, 0.4) is 0 Å². The molecular weight excluding hydrogens is 332 g/mol. The Hall–Kier alpha value is -2.42. The highest BCUT2D eigenvalue weighted by molar-refractivity contribution is 5.63. The molecule has 1 fully saturated rings. The summed E-state index contributed by atoms with van der Waals surface area (Å²) in [7, 11) is 2.01. The zero-order valence-electron chi connectivity index (χ0n) is 16.6. The SMILES string of the molecule is CCNc1ccc(/C=C/CC2(c3ccccc3NC)CCCCC2)c(O)c1. The lowest BCUT2D eigenvalue weighted by atomic mass is 9.67. The molecule has 1 saturated carbocycles. The largest absolute Gasteiger partial charge is 0.507 e. The average molecular weight is 365 g/mol. The number of hydrogen-bond acceptors (Lipinski definition) is 3. The molecule has 2 aromatic carbocycles. The Morgan fingerprint density at radius 2 is 1.85 bits per heavy atom. The minimum atomic E-state index is 0.188. The van der Waals surface area contributed by atoms with Gasteiger partial charge in [-0.3, -0.25) is 0 Å². The lowest BCUT2D eigenvalue weighted by Gasteiger charge is -2.38. The predicted octanol–water partition coefficient (Wildman–Crippen LogP) is 6.17. The highest BCUT2D eigenvalue weighted by Crippen LogP contribution is 2.45. The van der Waals surface area contributed by atoms with Gasteiger partial charge in [-0.25, -0.2) is 0 Å². The number of nitrogens with one attached hydrogen (secondary N) is 2. The maximum absolute atomic E-state index is 10.3. The molecule has 0 unspecified atom stereocenters. The molecule has 1 aliphatic rings. The number of anilines is 2. The first-order valence-electron chi connectivity index (χ1n) is 10.2. The van der Waals surface area contributed by atoms with Crippen LogP contribution in [0.25, 0.3) is 6.08 Å². The van der Waals surface area contributed by atoms with Crippen molar-refractivity contribution in [2.45, 2.75) is 50.9 Å². The van der Waals surface area contributed by atoms with Crippen LogP contribution in [0.2, 0.25) is 0 Å². The van der Waals surface area contributed by atoms with Crippen molar-refractivity contribution in [3.8, 4) is 5.75 Å². The van der Waals surface area contributed by atoms with E-state index in [0.29, 0.717) is 5.75 Å². The molecule has 0 amide bonds. The van der Waals surface area contributed by atoms with E-state index in [2.05, 4.69) is 54.0 Å². The zero-order chi connectivity index (χ0) is 19.1. The van der Waals surface area contributed by atoms with Crippen LogP contribution in [0.4, 0.5) is 11.4 Å². The van der Waals surface area contributed by atoms with Gasteiger partial charge in [-0.2, -0.15) is 0 Å². The van der Waals surface area contributed by atoms with Gasteiger partial charge in [0.15, 0.2) is 0 Å². The van der Waals surface area contributed by atoms with Crippen molar-refractivity contribution in [2.75, 3.05) is 24.2 Å². The molecule has 27 heavy (non-hydrogen) atoms. The number of phenolic OH excluding ortho intramolecular Hbond substituents is 1. The maximum Gasteiger partial charge on any atom is 0.124 e. The molecule has 0 heterocycles. The van der Waals surface area contributed by atoms with E-state index in [1.54, 1.807) is 6.07 Å². The normalized spacial score (nSPS) is 16.4. The van der Waals surface area contributed by atoms with Crippen LogP contribution in [0, 0.1) is 0 Å². The third-order valence-electron chi connectivity index (χ3n) is 5.80. The Bertz CT molecular complexity index is 776. The van der Waals surface area contributed by atoms with Crippen LogP contribution in [0.1, 0.15) is 56.6 Å². The zero-order valence-corrected chi connectivity index (χ0v) is 16.6. The summed E-state index contributed by atoms with van der Waals surface area (Å²) in [5, 5.41) is 16.9. The third kappa shape index (κ3) is 4.47. The Kier molecular flexibility index (Phi) is 6.44. The van der Waals surface area contributed by atoms with E-state index < -0.39 is 0 Å². The molecule has 3 rings (SSSR count). The average Bonchev–Trinajstić information content (AvgIpc) is 2.70. The number of phenols is 1. The maximum atomic E-state index is 10.3. The quantitative estimate of drug-likeness (QED) is 0.550. The summed E-state index contributed by atoms with van der Waals surface area (Å²) in [4.78, 5) is 0. The topological polar surface area (TPSA) is 44.3 Å². The molecule has 1 aliphatic carbocycles. The van der Waals surface area contributed by atoms with Crippen molar-refractivity contribution in [3.63, 3.8) is 0 Å². The van der Waals surface area contributed by atoms with Crippen molar-refractivity contribution in [2.24, 2.45) is 0 Å². The van der Waals surface area contributed by atoms with Gasteiger partial charge in [-0.05, 0) is 49.9 Å². The fourth-order valence-corrected chi connectivity index (χ4v) is 4.39. The summed E-state index contributed by atoms with van der Waals surface area (Å²) in [5.41, 5.74) is 4.70. The lowest BCUT2D eigenvalue weighted by Crippen LogP contribution is -2.29. The van der Waals surface area contributed by atoms with Crippen molar-refractivity contribution in [1.82, 2.24) is 0 Å². The molecule has 3 N–H and O–H groups in total. The van der Waals surface area contributed by atoms with Gasteiger partial charge in [0.1, 0.15) is 5.75 Å². The summed E-state index contributed by atoms with van der Waals surface area (Å²) in [6.45, 7) is 2.90. The molecule has 2 aromatic rings. The summed E-state index contributed by atoms with van der Waals surface area (Å²) in [6, 6.07) is 14.5. The van der Waals surface area contributed by atoms with E-state index in [-0.39, 0.29) is 5.41 Å². The van der Waals surface area contributed by atoms with Gasteiger partial charge >= 0.3 is 0 Å². The number of rotatable bonds is 7. The van der Waals surface area contributed by atoms with Crippen LogP contribution in [-0.4, -0.2) is 18.7 Å².